The topological polar surface area (TPSA) is 477 Å². The number of piperidine rings is 4. The summed E-state index contributed by atoms with van der Waals surface area (Å²) in [7, 11) is 9.74. The Hall–Kier alpha value is -10.3. The van der Waals surface area contributed by atoms with Crippen LogP contribution in [0.1, 0.15) is 84.2 Å². The van der Waals surface area contributed by atoms with E-state index in [0.717, 1.165) is 108 Å². The lowest BCUT2D eigenvalue weighted by molar-refractivity contribution is -0.916. The standard InChI is InChI=1S/2C23H26N2O4.2C10H9N3O7.3CH4O/c2*1-27-16-8-14-15(9-17(16)28-2)25-20(26)10-18-21-13-7-19-23(14,22(21)25)4-5-24(19)11-12(13)3-6-29-18;2*1-5(10(15)16)11-9(14)6-2-7(12(17)18)4-8(3-6)13(19)20;3*1-2/h2*3,8-9,13,18-19,21-22H,4-7,10-11H2,1-2H3;2*2-5H,1H3,(H,11,14)(H,15,16);3*2H,1H3/t2*13-,18-,19-,21-,22-,23+;2*5-;;;/m0010.../s1. The smallest absolute Gasteiger partial charge is 0.277 e. The van der Waals surface area contributed by atoms with Crippen LogP contribution in [0, 0.1) is 64.1 Å². The van der Waals surface area contributed by atoms with Crippen LogP contribution in [0.15, 0.2) is 84.0 Å². The van der Waals surface area contributed by atoms with Crippen molar-refractivity contribution in [1.29, 1.82) is 0 Å². The Morgan fingerprint density at radius 2 is 0.846 bits per heavy atom. The van der Waals surface area contributed by atoms with E-state index in [9.17, 15) is 79.4 Å². The lowest BCUT2D eigenvalue weighted by Gasteiger charge is -2.56. The first-order valence-corrected chi connectivity index (χ1v) is 33.5. The fraction of sp³-hybridized carbons (Fsp3) is 0.507. The van der Waals surface area contributed by atoms with Crippen LogP contribution < -0.4 is 59.4 Å². The van der Waals surface area contributed by atoms with Gasteiger partial charge in [0.05, 0.1) is 194 Å². The zero-order valence-corrected chi connectivity index (χ0v) is 58.3. The molecule has 10 aliphatic heterocycles. The van der Waals surface area contributed by atoms with E-state index in [1.165, 1.54) is 37.1 Å². The maximum absolute atomic E-state index is 13.5. The Balaban J connectivity index is 0.000000148. The molecular formula is C69H82N10O25. The predicted octanol–water partition coefficient (Wildman–Crippen LogP) is -1.05. The van der Waals surface area contributed by atoms with Gasteiger partial charge in [0.15, 0.2) is 23.0 Å². The third-order valence-electron chi connectivity index (χ3n) is 22.6. The average molecular weight is 1450 g/mol. The average Bonchev–Trinajstić information content (AvgIpc) is 1.50. The highest BCUT2D eigenvalue weighted by Crippen LogP contribution is 2.66. The lowest BCUT2D eigenvalue weighted by Crippen LogP contribution is -3.16. The molecule has 558 valence electrons. The molecule has 104 heavy (non-hydrogen) atoms. The first kappa shape index (κ1) is 76.3. The van der Waals surface area contributed by atoms with Crippen molar-refractivity contribution < 1.29 is 112 Å². The van der Waals surface area contributed by atoms with Crippen molar-refractivity contribution >= 4 is 69.7 Å². The van der Waals surface area contributed by atoms with E-state index in [0.29, 0.717) is 85.4 Å². The number of hydrogen-bond acceptors (Lipinski definition) is 25. The normalized spacial score (nSPS) is 28.5. The molecule has 7 N–H and O–H groups in total. The largest absolute Gasteiger partial charge is 0.548 e. The zero-order valence-electron chi connectivity index (χ0n) is 58.3. The molecule has 2 unspecified atom stereocenters. The summed E-state index contributed by atoms with van der Waals surface area (Å²) in [6.45, 7) is 8.22. The number of hydrogen-bond donors (Lipinski definition) is 7. The van der Waals surface area contributed by atoms with E-state index < -0.39 is 78.3 Å². The molecule has 16 rings (SSSR count). The zero-order chi connectivity index (χ0) is 75.9. The Kier molecular flexibility index (Phi) is 22.4. The van der Waals surface area contributed by atoms with Gasteiger partial charge in [0.1, 0.15) is 12.1 Å². The Labute approximate surface area is 594 Å². The second-order valence-electron chi connectivity index (χ2n) is 26.8. The molecule has 4 amide bonds. The van der Waals surface area contributed by atoms with Gasteiger partial charge in [-0.15, -0.1) is 0 Å². The van der Waals surface area contributed by atoms with Crippen molar-refractivity contribution in [2.24, 2.45) is 23.7 Å². The number of fused-ring (bicyclic) bond motifs is 4. The number of carboxylic acid groups (broad SMARTS) is 2. The number of carboxylic acids is 2. The van der Waals surface area contributed by atoms with Gasteiger partial charge in [-0.25, -0.2) is 0 Å². The predicted molar refractivity (Wildman–Crippen MR) is 359 cm³/mol. The summed E-state index contributed by atoms with van der Waals surface area (Å²) in [4.78, 5) is 118. The molecule has 35 heteroatoms. The molecular weight excluding hydrogens is 1370 g/mol. The van der Waals surface area contributed by atoms with Gasteiger partial charge in [0, 0.05) is 95.2 Å². The van der Waals surface area contributed by atoms with Crippen molar-refractivity contribution in [3.8, 4) is 23.0 Å². The number of methoxy groups -OCH3 is 4. The van der Waals surface area contributed by atoms with E-state index >= 15 is 0 Å². The summed E-state index contributed by atoms with van der Waals surface area (Å²) in [5.74, 6) is 0.168. The first-order valence-electron chi connectivity index (χ1n) is 33.5. The number of aliphatic carboxylic acids is 2. The fourth-order valence-electron chi connectivity index (χ4n) is 18.7. The molecule has 10 heterocycles. The van der Waals surface area contributed by atoms with Crippen molar-refractivity contribution in [3.63, 3.8) is 0 Å². The summed E-state index contributed by atoms with van der Waals surface area (Å²) in [6, 6.07) is 11.9. The summed E-state index contributed by atoms with van der Waals surface area (Å²) in [6.07, 6.45) is 10.4. The molecule has 16 atom stereocenters. The number of ether oxygens (including phenoxy) is 6. The molecule has 4 aromatic carbocycles. The minimum Gasteiger partial charge on any atom is -0.548 e. The fourth-order valence-corrected chi connectivity index (χ4v) is 18.7. The number of carbonyl (C=O) groups is 6. The van der Waals surface area contributed by atoms with Crippen LogP contribution in [-0.4, -0.2) is 208 Å². The Morgan fingerprint density at radius 1 is 0.529 bits per heavy atom. The van der Waals surface area contributed by atoms with E-state index in [1.807, 2.05) is 10.6 Å². The number of aliphatic hydroxyl groups is 3. The summed E-state index contributed by atoms with van der Waals surface area (Å²) < 4.78 is 35.2. The number of rotatable bonds is 14. The van der Waals surface area contributed by atoms with Crippen LogP contribution in [0.2, 0.25) is 0 Å². The van der Waals surface area contributed by atoms with Gasteiger partial charge in [-0.2, -0.15) is 0 Å². The van der Waals surface area contributed by atoms with Gasteiger partial charge < -0.3 is 93.8 Å². The molecule has 4 bridgehead atoms. The molecule has 2 spiro atoms. The van der Waals surface area contributed by atoms with E-state index in [1.54, 1.807) is 49.4 Å². The highest BCUT2D eigenvalue weighted by Gasteiger charge is 2.75. The van der Waals surface area contributed by atoms with Crippen LogP contribution in [0.5, 0.6) is 23.0 Å². The van der Waals surface area contributed by atoms with Crippen molar-refractivity contribution in [2.45, 2.75) is 112 Å². The molecule has 0 aromatic heterocycles. The second kappa shape index (κ2) is 30.6. The number of aliphatic hydroxyl groups excluding tert-OH is 3. The van der Waals surface area contributed by atoms with E-state index in [2.05, 4.69) is 46.2 Å². The van der Waals surface area contributed by atoms with Gasteiger partial charge in [0.2, 0.25) is 11.8 Å². The number of amides is 4. The van der Waals surface area contributed by atoms with E-state index in [-0.39, 0.29) is 58.1 Å². The minimum absolute atomic E-state index is 0.0128. The third-order valence-corrected chi connectivity index (χ3v) is 22.6. The van der Waals surface area contributed by atoms with Gasteiger partial charge >= 0.3 is 0 Å². The number of nitro groups is 4. The molecule has 0 radical (unpaired) electrons. The molecule has 2 saturated carbocycles. The summed E-state index contributed by atoms with van der Waals surface area (Å²) in [5.41, 5.74) is 4.55. The number of nitrogens with zero attached hydrogens (tertiary/aromatic N) is 6. The van der Waals surface area contributed by atoms with Crippen molar-refractivity contribution in [3.05, 3.63) is 147 Å². The first-order chi connectivity index (χ1) is 49.8. The number of quaternary nitrogens is 2. The number of non-ortho nitro benzene ring substituents is 4. The van der Waals surface area contributed by atoms with Crippen LogP contribution in [0.25, 0.3) is 0 Å². The second-order valence-corrected chi connectivity index (χ2v) is 26.8. The number of carbonyl (C=O) groups excluding carboxylic acids is 6. The van der Waals surface area contributed by atoms with Gasteiger partial charge in [-0.05, 0) is 60.1 Å². The maximum Gasteiger partial charge on any atom is 0.277 e. The lowest BCUT2D eigenvalue weighted by atomic mass is 9.53. The van der Waals surface area contributed by atoms with Gasteiger partial charge in [-0.1, -0.05) is 12.2 Å². The Bertz CT molecular complexity index is 3860. The number of anilines is 2. The van der Waals surface area contributed by atoms with Crippen LogP contribution in [0.3, 0.4) is 0 Å². The molecule has 6 saturated heterocycles. The van der Waals surface area contributed by atoms with Crippen LogP contribution in [-0.2, 0) is 39.5 Å². The molecule has 35 nitrogen and oxygen atoms in total. The highest BCUT2D eigenvalue weighted by atomic mass is 16.6. The minimum atomic E-state index is -1.56. The van der Waals surface area contributed by atoms with Crippen LogP contribution in [0.4, 0.5) is 34.1 Å². The number of benzene rings is 4. The SMILES string of the molecule is CO.CO.CO.COc1cc2c(cc1OC)[C@@]13CC[NH+]4CC5=CCO[C@H]6CC(=O)N2[C@H]1[C@H]6[C@H]5C[C@H]43.COc1cc2c(cc1OC)[C@@]13CC[NH+]4CC5=CCO[C@H]6CC(=O)N2[C@H]1[C@H]6[C@H]5C[C@H]43.C[C@@H](NC(=O)c1cc([N+](=O)[O-])cc([N+](=O)[O-])c1)C(=O)[O-].C[C@H](NC(=O)c1cc([N+](=O)[O-])cc([N+](=O)[O-])c1)C(=O)[O-]. The molecule has 8 fully saturated rings. The summed E-state index contributed by atoms with van der Waals surface area (Å²) >= 11 is 0. The Morgan fingerprint density at radius 3 is 1.14 bits per heavy atom. The third kappa shape index (κ3) is 12.9. The molecule has 4 aromatic rings. The summed E-state index contributed by atoms with van der Waals surface area (Å²) in [5, 5.41) is 88.4. The monoisotopic (exact) mass is 1450 g/mol. The maximum atomic E-state index is 13.5. The van der Waals surface area contributed by atoms with Gasteiger partial charge in [-0.3, -0.25) is 59.6 Å². The number of nitrogens with one attached hydrogen (secondary N) is 4. The molecule has 2 aliphatic carbocycles. The van der Waals surface area contributed by atoms with Crippen molar-refractivity contribution in [1.82, 2.24) is 10.6 Å². The van der Waals surface area contributed by atoms with Crippen molar-refractivity contribution in [2.75, 3.05) is 99.0 Å². The quantitative estimate of drug-likeness (QED) is 0.0450. The molecule has 12 aliphatic rings. The van der Waals surface area contributed by atoms with Gasteiger partial charge in [0.25, 0.3) is 34.6 Å². The number of nitro benzene ring substituents is 4. The van der Waals surface area contributed by atoms with Crippen LogP contribution >= 0.6 is 0 Å². The van der Waals surface area contributed by atoms with E-state index in [4.69, 9.17) is 43.7 Å². The highest BCUT2D eigenvalue weighted by molar-refractivity contribution is 6.02.